The monoisotopic (exact) mass is 411 g/mol. The summed E-state index contributed by atoms with van der Waals surface area (Å²) in [5.74, 6) is -1.78. The summed E-state index contributed by atoms with van der Waals surface area (Å²) in [6, 6.07) is 16.8. The highest BCUT2D eigenvalue weighted by atomic mass is 16.7. The highest BCUT2D eigenvalue weighted by Gasteiger charge is 2.47. The van der Waals surface area contributed by atoms with Gasteiger partial charge >= 0.3 is 0 Å². The van der Waals surface area contributed by atoms with Crippen LogP contribution in [0.4, 0.5) is 0 Å². The van der Waals surface area contributed by atoms with Crippen molar-refractivity contribution >= 4 is 17.7 Å². The molecule has 2 aromatic rings. The van der Waals surface area contributed by atoms with Crippen molar-refractivity contribution in [2.75, 3.05) is 20.7 Å². The van der Waals surface area contributed by atoms with Crippen LogP contribution in [0.15, 0.2) is 54.6 Å². The molecule has 2 N–H and O–H groups in total. The molecule has 7 nitrogen and oxygen atoms in total. The molecular formula is C23H29N3O4. The van der Waals surface area contributed by atoms with Gasteiger partial charge in [0.1, 0.15) is 0 Å². The van der Waals surface area contributed by atoms with E-state index in [1.165, 1.54) is 21.0 Å². The van der Waals surface area contributed by atoms with Gasteiger partial charge in [0, 0.05) is 19.7 Å². The SMILES string of the molecule is CCCCONC(=O)[C@](C)(C(=O)NC)N(C)C(=O)c1ccc(-c2ccccc2)cc1. The molecule has 7 heteroatoms. The fraction of sp³-hybridized carbons (Fsp3) is 0.348. The lowest BCUT2D eigenvalue weighted by molar-refractivity contribution is -0.151. The largest absolute Gasteiger partial charge is 0.357 e. The molecule has 30 heavy (non-hydrogen) atoms. The van der Waals surface area contributed by atoms with Gasteiger partial charge in [-0.2, -0.15) is 0 Å². The maximum Gasteiger partial charge on any atom is 0.279 e. The second-order valence-corrected chi connectivity index (χ2v) is 7.09. The van der Waals surface area contributed by atoms with Crippen molar-refractivity contribution < 1.29 is 19.2 Å². The number of hydroxylamine groups is 1. The Morgan fingerprint density at radius 2 is 1.57 bits per heavy atom. The molecule has 3 amide bonds. The lowest BCUT2D eigenvalue weighted by Crippen LogP contribution is -2.64. The number of nitrogens with zero attached hydrogens (tertiary/aromatic N) is 1. The number of likely N-dealkylation sites (N-methyl/N-ethyl adjacent to an activating group) is 2. The molecule has 0 aliphatic carbocycles. The van der Waals surface area contributed by atoms with Gasteiger partial charge in [-0.1, -0.05) is 55.8 Å². The van der Waals surface area contributed by atoms with E-state index in [1.807, 2.05) is 49.4 Å². The second-order valence-electron chi connectivity index (χ2n) is 7.09. The Hall–Kier alpha value is -3.19. The summed E-state index contributed by atoms with van der Waals surface area (Å²) >= 11 is 0. The Labute approximate surface area is 177 Å². The highest BCUT2D eigenvalue weighted by Crippen LogP contribution is 2.22. The van der Waals surface area contributed by atoms with Gasteiger partial charge in [0.15, 0.2) is 5.54 Å². The van der Waals surface area contributed by atoms with Crippen LogP contribution >= 0.6 is 0 Å². The first-order valence-corrected chi connectivity index (χ1v) is 9.94. The first kappa shape index (κ1) is 23.1. The van der Waals surface area contributed by atoms with E-state index in [1.54, 1.807) is 12.1 Å². The topological polar surface area (TPSA) is 87.7 Å². The van der Waals surface area contributed by atoms with Gasteiger partial charge in [0.2, 0.25) is 0 Å². The van der Waals surface area contributed by atoms with E-state index >= 15 is 0 Å². The van der Waals surface area contributed by atoms with Crippen molar-refractivity contribution in [2.24, 2.45) is 0 Å². The van der Waals surface area contributed by atoms with Crippen LogP contribution in [0.1, 0.15) is 37.0 Å². The lowest BCUT2D eigenvalue weighted by atomic mass is 9.96. The molecule has 0 aromatic heterocycles. The third kappa shape index (κ3) is 5.04. The van der Waals surface area contributed by atoms with E-state index in [9.17, 15) is 14.4 Å². The number of carbonyl (C=O) groups excluding carboxylic acids is 3. The number of amides is 3. The molecule has 1 atom stereocenters. The minimum atomic E-state index is -1.78. The summed E-state index contributed by atoms with van der Waals surface area (Å²) in [4.78, 5) is 44.7. The molecule has 2 aromatic carbocycles. The van der Waals surface area contributed by atoms with Gasteiger partial charge in [0.25, 0.3) is 17.7 Å². The van der Waals surface area contributed by atoms with Crippen molar-refractivity contribution in [1.82, 2.24) is 15.7 Å². The zero-order valence-corrected chi connectivity index (χ0v) is 17.9. The Balaban J connectivity index is 2.22. The van der Waals surface area contributed by atoms with Gasteiger partial charge < -0.3 is 10.2 Å². The predicted octanol–water partition coefficient (Wildman–Crippen LogP) is 2.78. The molecule has 2 rings (SSSR count). The molecule has 0 saturated heterocycles. The smallest absolute Gasteiger partial charge is 0.279 e. The number of hydrogen-bond donors (Lipinski definition) is 2. The Morgan fingerprint density at radius 3 is 2.13 bits per heavy atom. The summed E-state index contributed by atoms with van der Waals surface area (Å²) in [6.07, 6.45) is 1.67. The quantitative estimate of drug-likeness (QED) is 0.377. The molecule has 160 valence electrons. The third-order valence-corrected chi connectivity index (χ3v) is 5.09. The highest BCUT2D eigenvalue weighted by molar-refractivity contribution is 6.12. The van der Waals surface area contributed by atoms with Crippen molar-refractivity contribution in [2.45, 2.75) is 32.2 Å². The molecule has 0 aliphatic heterocycles. The van der Waals surface area contributed by atoms with E-state index in [4.69, 9.17) is 4.84 Å². The van der Waals surface area contributed by atoms with E-state index in [0.29, 0.717) is 12.2 Å². The molecule has 0 spiro atoms. The first-order valence-electron chi connectivity index (χ1n) is 9.94. The minimum absolute atomic E-state index is 0.324. The van der Waals surface area contributed by atoms with Gasteiger partial charge in [0.05, 0.1) is 6.61 Å². The van der Waals surface area contributed by atoms with Crippen molar-refractivity contribution in [1.29, 1.82) is 0 Å². The van der Waals surface area contributed by atoms with E-state index < -0.39 is 23.3 Å². The Morgan fingerprint density at radius 1 is 0.967 bits per heavy atom. The fourth-order valence-electron chi connectivity index (χ4n) is 2.92. The van der Waals surface area contributed by atoms with Crippen LogP contribution < -0.4 is 10.8 Å². The molecule has 0 saturated carbocycles. The molecule has 0 radical (unpaired) electrons. The van der Waals surface area contributed by atoms with Crippen LogP contribution in [0.3, 0.4) is 0 Å². The number of benzene rings is 2. The second kappa shape index (κ2) is 10.5. The average Bonchev–Trinajstić information content (AvgIpc) is 2.80. The number of rotatable bonds is 9. The van der Waals surface area contributed by atoms with Crippen molar-refractivity contribution in [3.05, 3.63) is 60.2 Å². The molecule has 0 heterocycles. The van der Waals surface area contributed by atoms with Crippen molar-refractivity contribution in [3.8, 4) is 11.1 Å². The zero-order valence-electron chi connectivity index (χ0n) is 17.9. The summed E-state index contributed by atoms with van der Waals surface area (Å²) < 4.78 is 0. The van der Waals surface area contributed by atoms with Gasteiger partial charge in [-0.05, 0) is 36.6 Å². The predicted molar refractivity (Wildman–Crippen MR) is 115 cm³/mol. The Kier molecular flexibility index (Phi) is 8.12. The summed E-state index contributed by atoms with van der Waals surface area (Å²) in [5.41, 5.74) is 2.88. The van der Waals surface area contributed by atoms with E-state index in [-0.39, 0.29) is 0 Å². The zero-order chi connectivity index (χ0) is 22.1. The number of hydrogen-bond acceptors (Lipinski definition) is 4. The fourth-order valence-corrected chi connectivity index (χ4v) is 2.92. The van der Waals surface area contributed by atoms with Gasteiger partial charge in [-0.25, -0.2) is 5.48 Å². The number of carbonyl (C=O) groups is 3. The Bertz CT molecular complexity index is 868. The summed E-state index contributed by atoms with van der Waals surface area (Å²) in [6.45, 7) is 3.71. The van der Waals surface area contributed by atoms with Crippen LogP contribution in [0.2, 0.25) is 0 Å². The summed E-state index contributed by atoms with van der Waals surface area (Å²) in [5, 5.41) is 2.46. The van der Waals surface area contributed by atoms with Crippen LogP contribution in [-0.4, -0.2) is 48.9 Å². The molecule has 0 aliphatic rings. The van der Waals surface area contributed by atoms with Crippen LogP contribution in [0.5, 0.6) is 0 Å². The number of unbranched alkanes of at least 4 members (excludes halogenated alkanes) is 1. The van der Waals surface area contributed by atoms with Crippen LogP contribution in [0.25, 0.3) is 11.1 Å². The normalized spacial score (nSPS) is 12.5. The number of nitrogens with one attached hydrogen (secondary N) is 2. The lowest BCUT2D eigenvalue weighted by Gasteiger charge is -2.35. The van der Waals surface area contributed by atoms with Crippen LogP contribution in [-0.2, 0) is 14.4 Å². The molecule has 0 fully saturated rings. The van der Waals surface area contributed by atoms with E-state index in [0.717, 1.165) is 28.9 Å². The third-order valence-electron chi connectivity index (χ3n) is 5.09. The first-order chi connectivity index (χ1) is 14.4. The molecule has 0 unspecified atom stereocenters. The average molecular weight is 412 g/mol. The maximum absolute atomic E-state index is 13.1. The standard InChI is InChI=1S/C23H29N3O4/c1-5-6-16-30-25-22(29)23(2,21(28)24-3)26(4)20(27)19-14-12-18(13-15-19)17-10-8-7-9-11-17/h7-15H,5-6,16H2,1-4H3,(H,24,28)(H,25,29)/t23-/m0/s1. The van der Waals surface area contributed by atoms with Gasteiger partial charge in [-0.3, -0.25) is 19.2 Å². The molecule has 0 bridgehead atoms. The van der Waals surface area contributed by atoms with Crippen molar-refractivity contribution in [3.63, 3.8) is 0 Å². The van der Waals surface area contributed by atoms with E-state index in [2.05, 4.69) is 10.8 Å². The van der Waals surface area contributed by atoms with Crippen LogP contribution in [0, 0.1) is 0 Å². The minimum Gasteiger partial charge on any atom is -0.357 e. The molecular weight excluding hydrogens is 382 g/mol. The van der Waals surface area contributed by atoms with Gasteiger partial charge in [-0.15, -0.1) is 0 Å². The summed E-state index contributed by atoms with van der Waals surface area (Å²) in [7, 11) is 2.84. The maximum atomic E-state index is 13.1.